The maximum absolute atomic E-state index is 13.5. The number of esters is 1. The molecule has 1 aliphatic heterocycles. The second-order valence-corrected chi connectivity index (χ2v) is 9.90. The number of benzene rings is 2. The van der Waals surface area contributed by atoms with Crippen LogP contribution in [0.1, 0.15) is 45.9 Å². The molecule has 0 radical (unpaired) electrons. The number of carbonyl (C=O) groups excluding carboxylic acids is 1. The van der Waals surface area contributed by atoms with Gasteiger partial charge in [0.15, 0.2) is 0 Å². The number of carbonyl (C=O) groups is 1. The molecule has 5 rings (SSSR count). The molecule has 0 saturated carbocycles. The average molecular weight is 579 g/mol. The van der Waals surface area contributed by atoms with Crippen molar-refractivity contribution in [3.05, 3.63) is 125 Å². The molecule has 1 saturated heterocycles. The van der Waals surface area contributed by atoms with E-state index < -0.39 is 5.97 Å². The summed E-state index contributed by atoms with van der Waals surface area (Å²) in [5.74, 6) is -0.241. The fraction of sp³-hybridized carbons (Fsp3) is 0.281. The highest BCUT2D eigenvalue weighted by atomic mass is 35.5. The summed E-state index contributed by atoms with van der Waals surface area (Å²) >= 11 is 0. The van der Waals surface area contributed by atoms with E-state index in [1.165, 1.54) is 24.3 Å². The Morgan fingerprint density at radius 2 is 1.44 bits per heavy atom. The predicted molar refractivity (Wildman–Crippen MR) is 157 cm³/mol. The van der Waals surface area contributed by atoms with Crippen LogP contribution in [0.15, 0.2) is 91.3 Å². The minimum absolute atomic E-state index is 0. The molecule has 9 heteroatoms. The van der Waals surface area contributed by atoms with E-state index in [2.05, 4.69) is 19.8 Å². The van der Waals surface area contributed by atoms with E-state index in [9.17, 15) is 13.6 Å². The van der Waals surface area contributed by atoms with Crippen LogP contribution in [0, 0.1) is 11.6 Å². The summed E-state index contributed by atoms with van der Waals surface area (Å²) in [4.78, 5) is 26.1. The molecular formula is C32H33ClF2N4O2. The Kier molecular flexibility index (Phi) is 10.8. The van der Waals surface area contributed by atoms with Crippen LogP contribution >= 0.6 is 12.4 Å². The van der Waals surface area contributed by atoms with Gasteiger partial charge in [0.05, 0.1) is 5.69 Å². The van der Waals surface area contributed by atoms with Gasteiger partial charge >= 0.3 is 5.97 Å². The van der Waals surface area contributed by atoms with Crippen molar-refractivity contribution in [2.24, 2.45) is 0 Å². The van der Waals surface area contributed by atoms with Gasteiger partial charge in [-0.15, -0.1) is 12.4 Å². The minimum atomic E-state index is -0.413. The third-order valence-electron chi connectivity index (χ3n) is 7.27. The number of rotatable bonds is 10. The number of halogens is 3. The quantitative estimate of drug-likeness (QED) is 0.207. The molecule has 0 atom stereocenters. The number of pyridine rings is 2. The molecule has 0 amide bonds. The van der Waals surface area contributed by atoms with E-state index in [1.54, 1.807) is 24.5 Å². The molecule has 2 aromatic heterocycles. The van der Waals surface area contributed by atoms with E-state index >= 15 is 0 Å². The number of hydrogen-bond donors (Lipinski definition) is 0. The lowest BCUT2D eigenvalue weighted by Gasteiger charge is -2.36. The summed E-state index contributed by atoms with van der Waals surface area (Å²) in [6.07, 6.45) is 5.17. The van der Waals surface area contributed by atoms with Gasteiger partial charge in [0.2, 0.25) is 0 Å². The zero-order chi connectivity index (χ0) is 27.7. The first-order valence-corrected chi connectivity index (χ1v) is 13.6. The fourth-order valence-corrected chi connectivity index (χ4v) is 5.13. The number of piperazine rings is 1. The predicted octanol–water partition coefficient (Wildman–Crippen LogP) is 6.27. The standard InChI is InChI=1S/C32H32F2N4O2.ClH/c33-26-12-8-24(9-13-26)29(25-10-14-27(34)15-11-25)7-4-18-37-19-21-38(22-20-37)31-30(6-3-17-36-31)32(39)40-23-28-5-1-2-16-35-28;/h1-3,5-6,8-17,29H,4,7,18-23H2;1H. The molecular weight excluding hydrogens is 546 g/mol. The summed E-state index contributed by atoms with van der Waals surface area (Å²) in [6.45, 7) is 4.20. The molecule has 0 spiro atoms. The average Bonchev–Trinajstić information content (AvgIpc) is 3.00. The first-order valence-electron chi connectivity index (χ1n) is 13.6. The van der Waals surface area contributed by atoms with E-state index in [-0.39, 0.29) is 36.6 Å². The minimum Gasteiger partial charge on any atom is -0.455 e. The van der Waals surface area contributed by atoms with Gasteiger partial charge in [-0.1, -0.05) is 30.3 Å². The van der Waals surface area contributed by atoms with Crippen LogP contribution in [0.3, 0.4) is 0 Å². The fourth-order valence-electron chi connectivity index (χ4n) is 5.13. The first-order chi connectivity index (χ1) is 19.6. The number of ether oxygens (including phenoxy) is 1. The maximum atomic E-state index is 13.5. The Labute approximate surface area is 245 Å². The van der Waals surface area contributed by atoms with Gasteiger partial charge in [-0.05, 0) is 79.0 Å². The molecule has 0 aliphatic carbocycles. The Bertz CT molecular complexity index is 1340. The highest BCUT2D eigenvalue weighted by molar-refractivity contribution is 5.94. The van der Waals surface area contributed by atoms with Crippen LogP contribution in [0.4, 0.5) is 14.6 Å². The Balaban J connectivity index is 0.00000387. The van der Waals surface area contributed by atoms with Crippen LogP contribution < -0.4 is 4.90 Å². The molecule has 1 aliphatic rings. The lowest BCUT2D eigenvalue weighted by Crippen LogP contribution is -2.47. The molecule has 4 aromatic rings. The monoisotopic (exact) mass is 578 g/mol. The summed E-state index contributed by atoms with van der Waals surface area (Å²) in [5.41, 5.74) is 3.19. The SMILES string of the molecule is Cl.O=C(OCc1ccccn1)c1cccnc1N1CCN(CCCC(c2ccc(F)cc2)c2ccc(F)cc2)CC1. The molecule has 1 fully saturated rings. The van der Waals surface area contributed by atoms with Crippen molar-refractivity contribution < 1.29 is 18.3 Å². The molecule has 214 valence electrons. The van der Waals surface area contributed by atoms with Crippen molar-refractivity contribution in [1.82, 2.24) is 14.9 Å². The Hall–Kier alpha value is -3.88. The molecule has 41 heavy (non-hydrogen) atoms. The van der Waals surface area contributed by atoms with E-state index in [0.29, 0.717) is 17.1 Å². The van der Waals surface area contributed by atoms with E-state index in [4.69, 9.17) is 4.74 Å². The summed E-state index contributed by atoms with van der Waals surface area (Å²) < 4.78 is 32.6. The molecule has 6 nitrogen and oxygen atoms in total. The molecule has 0 bridgehead atoms. The number of aromatic nitrogens is 2. The van der Waals surface area contributed by atoms with Gasteiger partial charge in [0.25, 0.3) is 0 Å². The van der Waals surface area contributed by atoms with Crippen LogP contribution in [0.5, 0.6) is 0 Å². The lowest BCUT2D eigenvalue weighted by molar-refractivity contribution is 0.0468. The van der Waals surface area contributed by atoms with Crippen molar-refractivity contribution in [3.8, 4) is 0 Å². The smallest absolute Gasteiger partial charge is 0.342 e. The van der Waals surface area contributed by atoms with Crippen LogP contribution in [-0.4, -0.2) is 53.6 Å². The number of nitrogens with zero attached hydrogens (tertiary/aromatic N) is 4. The van der Waals surface area contributed by atoms with Crippen LogP contribution in [-0.2, 0) is 11.3 Å². The Morgan fingerprint density at radius 1 is 0.805 bits per heavy atom. The second-order valence-electron chi connectivity index (χ2n) is 9.90. The summed E-state index contributed by atoms with van der Waals surface area (Å²) in [6, 6.07) is 22.2. The van der Waals surface area contributed by atoms with E-state index in [0.717, 1.165) is 56.7 Å². The van der Waals surface area contributed by atoms with Crippen molar-refractivity contribution in [2.45, 2.75) is 25.4 Å². The first kappa shape index (κ1) is 30.1. The van der Waals surface area contributed by atoms with Crippen LogP contribution in [0.25, 0.3) is 0 Å². The highest BCUT2D eigenvalue weighted by Gasteiger charge is 2.24. The number of anilines is 1. The van der Waals surface area contributed by atoms with E-state index in [1.807, 2.05) is 42.5 Å². The zero-order valence-corrected chi connectivity index (χ0v) is 23.5. The van der Waals surface area contributed by atoms with Gasteiger partial charge < -0.3 is 9.64 Å². The second kappa shape index (κ2) is 14.7. The maximum Gasteiger partial charge on any atom is 0.342 e. The highest BCUT2D eigenvalue weighted by Crippen LogP contribution is 2.30. The summed E-state index contributed by atoms with van der Waals surface area (Å²) in [7, 11) is 0. The van der Waals surface area contributed by atoms with Crippen molar-refractivity contribution >= 4 is 24.2 Å². The molecule has 3 heterocycles. The third-order valence-corrected chi connectivity index (χ3v) is 7.27. The third kappa shape index (κ3) is 8.08. The van der Waals surface area contributed by atoms with Gasteiger partial charge in [-0.25, -0.2) is 18.6 Å². The van der Waals surface area contributed by atoms with Crippen LogP contribution in [0.2, 0.25) is 0 Å². The topological polar surface area (TPSA) is 58.6 Å². The largest absolute Gasteiger partial charge is 0.455 e. The van der Waals surface area contributed by atoms with Crippen molar-refractivity contribution in [3.63, 3.8) is 0 Å². The molecule has 0 N–H and O–H groups in total. The van der Waals surface area contributed by atoms with Gasteiger partial charge in [-0.3, -0.25) is 9.88 Å². The van der Waals surface area contributed by atoms with Crippen molar-refractivity contribution in [1.29, 1.82) is 0 Å². The van der Waals surface area contributed by atoms with Crippen molar-refractivity contribution in [2.75, 3.05) is 37.6 Å². The normalized spacial score (nSPS) is 13.6. The molecule has 0 unspecified atom stereocenters. The van der Waals surface area contributed by atoms with Gasteiger partial charge in [-0.2, -0.15) is 0 Å². The van der Waals surface area contributed by atoms with Gasteiger partial charge in [0.1, 0.15) is 29.6 Å². The lowest BCUT2D eigenvalue weighted by atomic mass is 9.87. The molecule has 2 aromatic carbocycles. The number of hydrogen-bond acceptors (Lipinski definition) is 6. The zero-order valence-electron chi connectivity index (χ0n) is 22.7. The summed E-state index contributed by atoms with van der Waals surface area (Å²) in [5, 5.41) is 0. The van der Waals surface area contributed by atoms with Gasteiger partial charge in [0, 0.05) is 44.5 Å². The Morgan fingerprint density at radius 3 is 2.05 bits per heavy atom.